The van der Waals surface area contributed by atoms with Gasteiger partial charge in [0.15, 0.2) is 5.76 Å². The van der Waals surface area contributed by atoms with Crippen LogP contribution in [0.4, 0.5) is 14.5 Å². The summed E-state index contributed by atoms with van der Waals surface area (Å²) in [5.41, 5.74) is -1.99. The molecule has 0 spiro atoms. The van der Waals surface area contributed by atoms with E-state index in [0.29, 0.717) is 12.1 Å². The highest BCUT2D eigenvalue weighted by molar-refractivity contribution is 5.95. The average molecular weight is 283 g/mol. The quantitative estimate of drug-likeness (QED) is 0.681. The Morgan fingerprint density at radius 2 is 2.15 bits per heavy atom. The van der Waals surface area contributed by atoms with E-state index in [-0.39, 0.29) is 12.3 Å². The zero-order valence-corrected chi connectivity index (χ0v) is 9.80. The van der Waals surface area contributed by atoms with Gasteiger partial charge in [0.1, 0.15) is 11.4 Å². The monoisotopic (exact) mass is 283 g/mol. The second kappa shape index (κ2) is 5.43. The molecule has 0 aliphatic rings. The van der Waals surface area contributed by atoms with Crippen LogP contribution in [-0.2, 0) is 6.54 Å². The highest BCUT2D eigenvalue weighted by Gasteiger charge is 2.26. The molecule has 0 atom stereocenters. The minimum absolute atomic E-state index is 0.152. The number of nitrogens with zero attached hydrogens (tertiary/aromatic N) is 2. The first kappa shape index (κ1) is 13.6. The molecule has 2 aromatic rings. The maximum atomic E-state index is 13.7. The van der Waals surface area contributed by atoms with Crippen molar-refractivity contribution in [2.45, 2.75) is 6.54 Å². The number of rotatable bonds is 4. The Kier molecular flexibility index (Phi) is 3.69. The zero-order valence-electron chi connectivity index (χ0n) is 9.80. The molecule has 0 saturated heterocycles. The largest absolute Gasteiger partial charge is 0.360 e. The lowest BCUT2D eigenvalue weighted by atomic mass is 10.1. The highest BCUT2D eigenvalue weighted by atomic mass is 19.1. The number of nitro benzene ring substituents is 1. The molecule has 0 aliphatic heterocycles. The maximum absolute atomic E-state index is 13.7. The summed E-state index contributed by atoms with van der Waals surface area (Å²) in [5.74, 6) is -3.57. The fourth-order valence-corrected chi connectivity index (χ4v) is 1.48. The van der Waals surface area contributed by atoms with E-state index in [1.807, 2.05) is 0 Å². The van der Waals surface area contributed by atoms with Gasteiger partial charge in [0.2, 0.25) is 5.82 Å². The summed E-state index contributed by atoms with van der Waals surface area (Å²) in [7, 11) is 0. The van der Waals surface area contributed by atoms with Crippen molar-refractivity contribution in [2.24, 2.45) is 0 Å². The van der Waals surface area contributed by atoms with Crippen LogP contribution < -0.4 is 5.32 Å². The van der Waals surface area contributed by atoms with E-state index in [9.17, 15) is 23.7 Å². The van der Waals surface area contributed by atoms with Gasteiger partial charge < -0.3 is 9.84 Å². The van der Waals surface area contributed by atoms with E-state index >= 15 is 0 Å². The molecule has 104 valence electrons. The Labute approximate surface area is 110 Å². The summed E-state index contributed by atoms with van der Waals surface area (Å²) >= 11 is 0. The van der Waals surface area contributed by atoms with Gasteiger partial charge in [0.25, 0.3) is 5.91 Å². The van der Waals surface area contributed by atoms with Crippen LogP contribution in [0.5, 0.6) is 0 Å². The fourth-order valence-electron chi connectivity index (χ4n) is 1.48. The standard InChI is InChI=1S/C11H7F2N3O4/c12-7-1-2-8(16(18)19)10(13)9(7)11(17)14-5-6-3-4-15-20-6/h1-4H,5H2,(H,14,17). The minimum Gasteiger partial charge on any atom is -0.360 e. The average Bonchev–Trinajstić information content (AvgIpc) is 2.89. The van der Waals surface area contributed by atoms with Gasteiger partial charge in [-0.3, -0.25) is 14.9 Å². The van der Waals surface area contributed by atoms with E-state index in [2.05, 4.69) is 15.0 Å². The molecule has 0 bridgehead atoms. The van der Waals surface area contributed by atoms with Crippen molar-refractivity contribution in [1.82, 2.24) is 10.5 Å². The van der Waals surface area contributed by atoms with Crippen molar-refractivity contribution in [3.8, 4) is 0 Å². The van der Waals surface area contributed by atoms with Crippen molar-refractivity contribution >= 4 is 11.6 Å². The number of aromatic nitrogens is 1. The molecule has 7 nitrogen and oxygen atoms in total. The van der Waals surface area contributed by atoms with Crippen molar-refractivity contribution in [1.29, 1.82) is 0 Å². The minimum atomic E-state index is -1.52. The van der Waals surface area contributed by atoms with Crippen LogP contribution in [0, 0.1) is 21.7 Å². The number of nitrogens with one attached hydrogen (secondary N) is 1. The number of benzene rings is 1. The van der Waals surface area contributed by atoms with Gasteiger partial charge in [0.05, 0.1) is 17.7 Å². The molecule has 0 fully saturated rings. The first-order chi connectivity index (χ1) is 9.50. The Balaban J connectivity index is 2.25. The molecule has 1 aromatic heterocycles. The Bertz CT molecular complexity index is 658. The smallest absolute Gasteiger partial charge is 0.305 e. The normalized spacial score (nSPS) is 10.3. The van der Waals surface area contributed by atoms with Gasteiger partial charge in [-0.1, -0.05) is 5.16 Å². The maximum Gasteiger partial charge on any atom is 0.305 e. The van der Waals surface area contributed by atoms with Crippen molar-refractivity contribution in [3.05, 3.63) is 57.5 Å². The Hall–Kier alpha value is -2.84. The first-order valence-electron chi connectivity index (χ1n) is 5.31. The summed E-state index contributed by atoms with van der Waals surface area (Å²) in [4.78, 5) is 21.2. The molecular weight excluding hydrogens is 276 g/mol. The van der Waals surface area contributed by atoms with Crippen molar-refractivity contribution < 1.29 is 23.0 Å². The highest BCUT2D eigenvalue weighted by Crippen LogP contribution is 2.23. The van der Waals surface area contributed by atoms with Crippen LogP contribution in [0.25, 0.3) is 0 Å². The van der Waals surface area contributed by atoms with Gasteiger partial charge in [-0.15, -0.1) is 0 Å². The van der Waals surface area contributed by atoms with Crippen LogP contribution in [0.15, 0.2) is 28.9 Å². The number of hydrogen-bond donors (Lipinski definition) is 1. The lowest BCUT2D eigenvalue weighted by molar-refractivity contribution is -0.387. The van der Waals surface area contributed by atoms with Crippen molar-refractivity contribution in [2.75, 3.05) is 0 Å². The van der Waals surface area contributed by atoms with Gasteiger partial charge in [-0.05, 0) is 6.07 Å². The van der Waals surface area contributed by atoms with Gasteiger partial charge in [0, 0.05) is 12.1 Å². The van der Waals surface area contributed by atoms with E-state index in [1.54, 1.807) is 0 Å². The van der Waals surface area contributed by atoms with Crippen LogP contribution in [0.3, 0.4) is 0 Å². The van der Waals surface area contributed by atoms with E-state index in [1.165, 1.54) is 12.3 Å². The summed E-state index contributed by atoms with van der Waals surface area (Å²) in [6, 6.07) is 2.75. The van der Waals surface area contributed by atoms with E-state index in [0.717, 1.165) is 0 Å². The third-order valence-electron chi connectivity index (χ3n) is 2.41. The zero-order chi connectivity index (χ0) is 14.7. The van der Waals surface area contributed by atoms with Gasteiger partial charge >= 0.3 is 5.69 Å². The second-order valence-corrected chi connectivity index (χ2v) is 3.67. The van der Waals surface area contributed by atoms with E-state index in [4.69, 9.17) is 0 Å². The van der Waals surface area contributed by atoms with Crippen LogP contribution in [-0.4, -0.2) is 16.0 Å². The Morgan fingerprint density at radius 3 is 2.75 bits per heavy atom. The summed E-state index contributed by atoms with van der Waals surface area (Å²) < 4.78 is 31.9. The molecule has 0 saturated carbocycles. The summed E-state index contributed by atoms with van der Waals surface area (Å²) in [5, 5.41) is 16.1. The number of halogens is 2. The second-order valence-electron chi connectivity index (χ2n) is 3.67. The SMILES string of the molecule is O=C(NCc1ccno1)c1c(F)ccc([N+](=O)[O-])c1F. The van der Waals surface area contributed by atoms with Crippen LogP contribution in [0.2, 0.25) is 0 Å². The predicted molar refractivity (Wildman–Crippen MR) is 60.7 cm³/mol. The number of hydrogen-bond acceptors (Lipinski definition) is 5. The fraction of sp³-hybridized carbons (Fsp3) is 0.0909. The van der Waals surface area contributed by atoms with E-state index < -0.39 is 33.7 Å². The third-order valence-corrected chi connectivity index (χ3v) is 2.41. The molecule has 9 heteroatoms. The number of carbonyl (C=O) groups excluding carboxylic acids is 1. The number of nitro groups is 1. The third kappa shape index (κ3) is 2.60. The lowest BCUT2D eigenvalue weighted by Crippen LogP contribution is -2.25. The molecule has 0 radical (unpaired) electrons. The topological polar surface area (TPSA) is 98.3 Å². The number of amides is 1. The summed E-state index contributed by atoms with van der Waals surface area (Å²) in [6.07, 6.45) is 1.33. The summed E-state index contributed by atoms with van der Waals surface area (Å²) in [6.45, 7) is -0.152. The molecule has 1 aromatic carbocycles. The van der Waals surface area contributed by atoms with Gasteiger partial charge in [-0.2, -0.15) is 4.39 Å². The van der Waals surface area contributed by atoms with Crippen molar-refractivity contribution in [3.63, 3.8) is 0 Å². The molecule has 2 rings (SSSR count). The molecule has 1 heterocycles. The van der Waals surface area contributed by atoms with Gasteiger partial charge in [-0.25, -0.2) is 4.39 Å². The lowest BCUT2D eigenvalue weighted by Gasteiger charge is -2.05. The molecule has 1 amide bonds. The van der Waals surface area contributed by atoms with Crippen LogP contribution in [0.1, 0.15) is 16.1 Å². The van der Waals surface area contributed by atoms with Crippen LogP contribution >= 0.6 is 0 Å². The Morgan fingerprint density at radius 1 is 1.40 bits per heavy atom. The predicted octanol–water partition coefficient (Wildman–Crippen LogP) is 1.79. The molecule has 0 aliphatic carbocycles. The molecule has 0 unspecified atom stereocenters. The first-order valence-corrected chi connectivity index (χ1v) is 5.31. The number of carbonyl (C=O) groups is 1. The molecular formula is C11H7F2N3O4. The molecule has 20 heavy (non-hydrogen) atoms. The molecule has 1 N–H and O–H groups in total.